The number of aryl methyl sites for hydroxylation is 1. The summed E-state index contributed by atoms with van der Waals surface area (Å²) >= 11 is 7.66. The first kappa shape index (κ1) is 22.8. The summed E-state index contributed by atoms with van der Waals surface area (Å²) in [5, 5.41) is 4.22. The lowest BCUT2D eigenvalue weighted by atomic mass is 10.0. The van der Waals surface area contributed by atoms with Gasteiger partial charge in [0.2, 0.25) is 5.95 Å². The Morgan fingerprint density at radius 1 is 1.06 bits per heavy atom. The van der Waals surface area contributed by atoms with Gasteiger partial charge in [-0.3, -0.25) is 8.65 Å². The largest absolute Gasteiger partial charge is 0.328 e. The van der Waals surface area contributed by atoms with Gasteiger partial charge in [0.15, 0.2) is 0 Å². The molecule has 3 heterocycles. The van der Waals surface area contributed by atoms with Gasteiger partial charge < -0.3 is 4.90 Å². The average molecular weight is 520 g/mol. The molecule has 2 aromatic heterocycles. The van der Waals surface area contributed by atoms with Gasteiger partial charge in [0.05, 0.1) is 22.3 Å². The lowest BCUT2D eigenvalue weighted by Gasteiger charge is -2.29. The first-order valence-electron chi connectivity index (χ1n) is 11.2. The lowest BCUT2D eigenvalue weighted by molar-refractivity contribution is 0.540. The third-order valence-electron chi connectivity index (χ3n) is 6.39. The van der Waals surface area contributed by atoms with Crippen molar-refractivity contribution < 1.29 is 8.78 Å². The normalized spacial score (nSPS) is 15.2. The molecule has 0 aliphatic carbocycles. The fourth-order valence-electron chi connectivity index (χ4n) is 4.75. The van der Waals surface area contributed by atoms with Gasteiger partial charge in [-0.15, -0.1) is 5.10 Å². The Morgan fingerprint density at radius 3 is 2.64 bits per heavy atom. The molecular formula is C27H20ClF2N5S. The molecule has 5 aromatic rings. The van der Waals surface area contributed by atoms with Crippen LogP contribution in [0.15, 0.2) is 79.6 Å². The second-order valence-corrected chi connectivity index (χ2v) is 9.94. The maximum Gasteiger partial charge on any atom is 0.242 e. The highest BCUT2D eigenvalue weighted by Crippen LogP contribution is 2.48. The first-order chi connectivity index (χ1) is 17.4. The van der Waals surface area contributed by atoms with E-state index in [1.807, 2.05) is 45.3 Å². The highest BCUT2D eigenvalue weighted by atomic mass is 35.5. The lowest BCUT2D eigenvalue weighted by Crippen LogP contribution is -2.24. The molecule has 0 fully saturated rings. The van der Waals surface area contributed by atoms with Crippen LogP contribution in [0.5, 0.6) is 0 Å². The Morgan fingerprint density at radius 2 is 1.86 bits per heavy atom. The van der Waals surface area contributed by atoms with E-state index in [2.05, 4.69) is 28.8 Å². The van der Waals surface area contributed by atoms with Crippen LogP contribution < -0.4 is 4.90 Å². The molecular weight excluding hydrogens is 500 g/mol. The van der Waals surface area contributed by atoms with Crippen molar-refractivity contribution >= 4 is 46.0 Å². The number of halogens is 3. The number of aromatic nitrogens is 4. The summed E-state index contributed by atoms with van der Waals surface area (Å²) in [5.41, 5.74) is 5.23. The Bertz CT molecular complexity index is 1630. The van der Waals surface area contributed by atoms with Crippen molar-refractivity contribution in [1.82, 2.24) is 18.7 Å². The van der Waals surface area contributed by atoms with E-state index in [0.717, 1.165) is 22.5 Å². The van der Waals surface area contributed by atoms with E-state index in [-0.39, 0.29) is 10.6 Å². The van der Waals surface area contributed by atoms with Gasteiger partial charge >= 0.3 is 0 Å². The van der Waals surface area contributed by atoms with Crippen LogP contribution in [-0.2, 0) is 12.8 Å². The number of hydrogen-bond donors (Lipinski definition) is 0. The van der Waals surface area contributed by atoms with Crippen LogP contribution in [0, 0.1) is 11.8 Å². The van der Waals surface area contributed by atoms with Crippen molar-refractivity contribution in [1.29, 1.82) is 0 Å². The quantitative estimate of drug-likeness (QED) is 0.251. The van der Waals surface area contributed by atoms with Gasteiger partial charge in [0.25, 0.3) is 0 Å². The van der Waals surface area contributed by atoms with Crippen LogP contribution in [0.25, 0.3) is 16.7 Å². The maximum atomic E-state index is 15.1. The number of imidazole rings is 1. The molecule has 3 aromatic carbocycles. The highest BCUT2D eigenvalue weighted by molar-refractivity contribution is 7.97. The fourth-order valence-corrected chi connectivity index (χ4v) is 5.79. The minimum atomic E-state index is -0.668. The minimum absolute atomic E-state index is 0.279. The second-order valence-electron chi connectivity index (χ2n) is 8.56. The molecule has 9 heteroatoms. The SMILES string of the molecule is C=C1c2c(F)nn(C)c2C(c2ccc(Cl)cc2F)N1c1ccc2c(c1)ncn2SCc1ccccc1. The minimum Gasteiger partial charge on any atom is -0.328 e. The zero-order chi connectivity index (χ0) is 25.0. The summed E-state index contributed by atoms with van der Waals surface area (Å²) in [4.78, 5) is 6.42. The van der Waals surface area contributed by atoms with Crippen LogP contribution in [-0.4, -0.2) is 18.7 Å². The molecule has 36 heavy (non-hydrogen) atoms. The topological polar surface area (TPSA) is 38.9 Å². The molecule has 1 atom stereocenters. The summed E-state index contributed by atoms with van der Waals surface area (Å²) in [5.74, 6) is -0.319. The zero-order valence-corrected chi connectivity index (χ0v) is 20.8. The van der Waals surface area contributed by atoms with Gasteiger partial charge in [-0.25, -0.2) is 9.37 Å². The van der Waals surface area contributed by atoms with Gasteiger partial charge in [0.1, 0.15) is 18.2 Å². The van der Waals surface area contributed by atoms with Crippen LogP contribution in [0.4, 0.5) is 14.5 Å². The van der Waals surface area contributed by atoms with E-state index in [1.165, 1.54) is 16.3 Å². The van der Waals surface area contributed by atoms with E-state index in [9.17, 15) is 4.39 Å². The van der Waals surface area contributed by atoms with Gasteiger partial charge in [-0.2, -0.15) is 4.39 Å². The molecule has 0 bridgehead atoms. The molecule has 6 rings (SSSR count). The van der Waals surface area contributed by atoms with Crippen LogP contribution in [0.2, 0.25) is 5.02 Å². The molecule has 0 spiro atoms. The monoisotopic (exact) mass is 519 g/mol. The van der Waals surface area contributed by atoms with E-state index in [1.54, 1.807) is 37.5 Å². The number of nitrogens with zero attached hydrogens (tertiary/aromatic N) is 5. The van der Waals surface area contributed by atoms with Crippen molar-refractivity contribution in [3.63, 3.8) is 0 Å². The predicted octanol–water partition coefficient (Wildman–Crippen LogP) is 6.98. The molecule has 180 valence electrons. The number of hydrogen-bond acceptors (Lipinski definition) is 4. The van der Waals surface area contributed by atoms with Gasteiger partial charge in [-0.1, -0.05) is 54.6 Å². The smallest absolute Gasteiger partial charge is 0.242 e. The average Bonchev–Trinajstić information content (AvgIpc) is 3.50. The van der Waals surface area contributed by atoms with E-state index in [0.29, 0.717) is 17.0 Å². The third-order valence-corrected chi connectivity index (χ3v) is 7.66. The molecule has 0 amide bonds. The Hall–Kier alpha value is -3.62. The summed E-state index contributed by atoms with van der Waals surface area (Å²) in [7, 11) is 1.65. The van der Waals surface area contributed by atoms with Crippen molar-refractivity contribution in [2.75, 3.05) is 4.90 Å². The molecule has 0 radical (unpaired) electrons. The summed E-state index contributed by atoms with van der Waals surface area (Å²) in [6.45, 7) is 4.15. The molecule has 0 saturated carbocycles. The number of anilines is 1. The van der Waals surface area contributed by atoms with E-state index < -0.39 is 17.8 Å². The molecule has 1 aliphatic heterocycles. The fraction of sp³-hybridized carbons (Fsp3) is 0.111. The number of benzene rings is 3. The van der Waals surface area contributed by atoms with Crippen molar-refractivity contribution in [3.8, 4) is 0 Å². The molecule has 5 nitrogen and oxygen atoms in total. The van der Waals surface area contributed by atoms with Crippen molar-refractivity contribution in [3.05, 3.63) is 119 Å². The number of rotatable bonds is 5. The highest BCUT2D eigenvalue weighted by Gasteiger charge is 2.42. The predicted molar refractivity (Wildman–Crippen MR) is 141 cm³/mol. The molecule has 0 saturated heterocycles. The zero-order valence-electron chi connectivity index (χ0n) is 19.2. The first-order valence-corrected chi connectivity index (χ1v) is 12.5. The van der Waals surface area contributed by atoms with Crippen LogP contribution in [0.1, 0.15) is 28.4 Å². The van der Waals surface area contributed by atoms with E-state index >= 15 is 4.39 Å². The van der Waals surface area contributed by atoms with Crippen molar-refractivity contribution in [2.45, 2.75) is 11.8 Å². The molecule has 1 unspecified atom stereocenters. The van der Waals surface area contributed by atoms with Gasteiger partial charge in [0, 0.05) is 34.8 Å². The summed E-state index contributed by atoms with van der Waals surface area (Å²) < 4.78 is 33.5. The molecule has 1 aliphatic rings. The Labute approximate surface area is 215 Å². The second kappa shape index (κ2) is 8.80. The molecule has 0 N–H and O–H groups in total. The van der Waals surface area contributed by atoms with Crippen LogP contribution in [0.3, 0.4) is 0 Å². The number of fused-ring (bicyclic) bond motifs is 2. The third kappa shape index (κ3) is 3.68. The Balaban J connectivity index is 1.41. The van der Waals surface area contributed by atoms with E-state index in [4.69, 9.17) is 11.6 Å². The maximum absolute atomic E-state index is 15.1. The van der Waals surface area contributed by atoms with Gasteiger partial charge in [-0.05, 0) is 47.8 Å². The summed E-state index contributed by atoms with van der Waals surface area (Å²) in [6, 6.07) is 19.9. The Kier molecular flexibility index (Phi) is 5.58. The van der Waals surface area contributed by atoms with Crippen LogP contribution >= 0.6 is 23.5 Å². The van der Waals surface area contributed by atoms with Crippen molar-refractivity contribution in [2.24, 2.45) is 7.05 Å². The standard InChI is InChI=1S/C27H20ClF2N5S/c1-16-24-26(33(2)32-27(24)30)25(20-10-8-18(28)12-21(20)29)35(16)19-9-11-23-22(13-19)31-15-34(23)36-14-17-6-4-3-5-7-17/h3-13,15,25H,1,14H2,2H3. The summed E-state index contributed by atoms with van der Waals surface area (Å²) in [6.07, 6.45) is 1.79.